The molecule has 1 aromatic heterocycles. The van der Waals surface area contributed by atoms with Gasteiger partial charge in [-0.05, 0) is 25.5 Å². The number of benzene rings is 1. The lowest BCUT2D eigenvalue weighted by molar-refractivity contribution is 1.06. The van der Waals surface area contributed by atoms with E-state index in [1.807, 2.05) is 25.1 Å². The molecule has 13 heavy (non-hydrogen) atoms. The molecule has 0 bridgehead atoms. The molecular formula is C10H10N2O. The molecule has 0 unspecified atom stereocenters. The van der Waals surface area contributed by atoms with Crippen molar-refractivity contribution in [2.45, 2.75) is 13.8 Å². The summed E-state index contributed by atoms with van der Waals surface area (Å²) in [6.45, 7) is 3.69. The van der Waals surface area contributed by atoms with Crippen molar-refractivity contribution < 1.29 is 0 Å². The Kier molecular flexibility index (Phi) is 1.65. The Balaban J connectivity index is 3.03. The van der Waals surface area contributed by atoms with Crippen molar-refractivity contribution in [2.24, 2.45) is 0 Å². The predicted octanol–water partition coefficient (Wildman–Crippen LogP) is 1.54. The fourth-order valence-electron chi connectivity index (χ4n) is 1.48. The van der Waals surface area contributed by atoms with Crippen LogP contribution in [0.2, 0.25) is 0 Å². The van der Waals surface area contributed by atoms with Crippen LogP contribution in [0.1, 0.15) is 11.4 Å². The van der Waals surface area contributed by atoms with Gasteiger partial charge in [0.25, 0.3) is 5.56 Å². The van der Waals surface area contributed by atoms with Gasteiger partial charge in [-0.15, -0.1) is 0 Å². The Labute approximate surface area is 75.4 Å². The molecule has 0 aliphatic heterocycles. The van der Waals surface area contributed by atoms with E-state index in [1.54, 1.807) is 6.92 Å². The maximum Gasteiger partial charge on any atom is 0.259 e. The molecule has 2 aromatic rings. The number of aryl methyl sites for hydroxylation is 2. The number of aromatic amines is 1. The van der Waals surface area contributed by atoms with Crippen LogP contribution in [0.5, 0.6) is 0 Å². The van der Waals surface area contributed by atoms with Gasteiger partial charge in [0.1, 0.15) is 5.82 Å². The molecular weight excluding hydrogens is 164 g/mol. The maximum atomic E-state index is 11.5. The van der Waals surface area contributed by atoms with Gasteiger partial charge in [0.2, 0.25) is 0 Å². The average molecular weight is 174 g/mol. The molecule has 0 saturated carbocycles. The predicted molar refractivity (Wildman–Crippen MR) is 51.8 cm³/mol. The van der Waals surface area contributed by atoms with Gasteiger partial charge in [0.15, 0.2) is 0 Å². The minimum absolute atomic E-state index is 0.0550. The molecule has 0 atom stereocenters. The summed E-state index contributed by atoms with van der Waals surface area (Å²) in [6.07, 6.45) is 0. The van der Waals surface area contributed by atoms with Crippen LogP contribution in [0.3, 0.4) is 0 Å². The van der Waals surface area contributed by atoms with Crippen LogP contribution in [0.4, 0.5) is 0 Å². The first-order valence-electron chi connectivity index (χ1n) is 4.15. The summed E-state index contributed by atoms with van der Waals surface area (Å²) >= 11 is 0. The molecule has 0 aliphatic rings. The summed E-state index contributed by atoms with van der Waals surface area (Å²) in [5.74, 6) is 0.656. The topological polar surface area (TPSA) is 45.8 Å². The van der Waals surface area contributed by atoms with E-state index in [9.17, 15) is 4.79 Å². The summed E-state index contributed by atoms with van der Waals surface area (Å²) in [4.78, 5) is 18.5. The van der Waals surface area contributed by atoms with Crippen molar-refractivity contribution in [1.82, 2.24) is 9.97 Å². The van der Waals surface area contributed by atoms with E-state index in [0.717, 1.165) is 11.1 Å². The van der Waals surface area contributed by atoms with E-state index < -0.39 is 0 Å². The summed E-state index contributed by atoms with van der Waals surface area (Å²) in [6, 6.07) is 5.67. The Bertz CT molecular complexity index is 514. The SMILES string of the molecule is Cc1nc2cccc(C)c2c(=O)[nH]1. The molecule has 0 aliphatic carbocycles. The number of fused-ring (bicyclic) bond motifs is 1. The lowest BCUT2D eigenvalue weighted by atomic mass is 10.1. The fourth-order valence-corrected chi connectivity index (χ4v) is 1.48. The van der Waals surface area contributed by atoms with Crippen LogP contribution >= 0.6 is 0 Å². The summed E-state index contributed by atoms with van der Waals surface area (Å²) < 4.78 is 0. The molecule has 0 spiro atoms. The molecule has 0 radical (unpaired) electrons. The van der Waals surface area contributed by atoms with Crippen LogP contribution in [0.25, 0.3) is 10.9 Å². The Hall–Kier alpha value is -1.64. The number of aromatic nitrogens is 2. The highest BCUT2D eigenvalue weighted by Gasteiger charge is 2.02. The molecule has 0 fully saturated rings. The van der Waals surface area contributed by atoms with Crippen LogP contribution in [0.15, 0.2) is 23.0 Å². The lowest BCUT2D eigenvalue weighted by Gasteiger charge is -2.00. The fraction of sp³-hybridized carbons (Fsp3) is 0.200. The zero-order chi connectivity index (χ0) is 9.42. The zero-order valence-electron chi connectivity index (χ0n) is 7.59. The Morgan fingerprint density at radius 1 is 1.31 bits per heavy atom. The second-order valence-electron chi connectivity index (χ2n) is 3.12. The molecule has 2 rings (SSSR count). The summed E-state index contributed by atoms with van der Waals surface area (Å²) in [7, 11) is 0. The molecule has 66 valence electrons. The molecule has 1 heterocycles. The van der Waals surface area contributed by atoms with Gasteiger partial charge in [-0.25, -0.2) is 4.98 Å². The highest BCUT2D eigenvalue weighted by Crippen LogP contribution is 2.10. The quantitative estimate of drug-likeness (QED) is 0.658. The van der Waals surface area contributed by atoms with Crippen LogP contribution < -0.4 is 5.56 Å². The van der Waals surface area contributed by atoms with Crippen LogP contribution in [-0.4, -0.2) is 9.97 Å². The average Bonchev–Trinajstić information content (AvgIpc) is 2.02. The number of hydrogen-bond donors (Lipinski definition) is 1. The monoisotopic (exact) mass is 174 g/mol. The van der Waals surface area contributed by atoms with Gasteiger partial charge in [0, 0.05) is 0 Å². The number of nitrogens with zero attached hydrogens (tertiary/aromatic N) is 1. The van der Waals surface area contributed by atoms with Gasteiger partial charge < -0.3 is 4.98 Å². The molecule has 0 amide bonds. The van der Waals surface area contributed by atoms with E-state index in [2.05, 4.69) is 9.97 Å². The van der Waals surface area contributed by atoms with E-state index in [1.165, 1.54) is 0 Å². The second-order valence-corrected chi connectivity index (χ2v) is 3.12. The van der Waals surface area contributed by atoms with Crippen molar-refractivity contribution in [3.63, 3.8) is 0 Å². The minimum atomic E-state index is -0.0550. The number of nitrogens with one attached hydrogen (secondary N) is 1. The van der Waals surface area contributed by atoms with Crippen LogP contribution in [-0.2, 0) is 0 Å². The van der Waals surface area contributed by atoms with E-state index in [4.69, 9.17) is 0 Å². The highest BCUT2D eigenvalue weighted by molar-refractivity contribution is 5.80. The first kappa shape index (κ1) is 7.98. The van der Waals surface area contributed by atoms with E-state index in [0.29, 0.717) is 11.2 Å². The molecule has 0 saturated heterocycles. The first-order chi connectivity index (χ1) is 6.18. The summed E-state index contributed by atoms with van der Waals surface area (Å²) in [5.41, 5.74) is 1.67. The maximum absolute atomic E-state index is 11.5. The Morgan fingerprint density at radius 3 is 2.85 bits per heavy atom. The van der Waals surface area contributed by atoms with Crippen molar-refractivity contribution in [2.75, 3.05) is 0 Å². The molecule has 3 heteroatoms. The minimum Gasteiger partial charge on any atom is -0.310 e. The smallest absolute Gasteiger partial charge is 0.259 e. The third-order valence-electron chi connectivity index (χ3n) is 2.06. The van der Waals surface area contributed by atoms with E-state index >= 15 is 0 Å². The van der Waals surface area contributed by atoms with Crippen LogP contribution in [0, 0.1) is 13.8 Å². The third kappa shape index (κ3) is 1.22. The van der Waals surface area contributed by atoms with Gasteiger partial charge in [-0.3, -0.25) is 4.79 Å². The number of rotatable bonds is 0. The van der Waals surface area contributed by atoms with Gasteiger partial charge in [-0.2, -0.15) is 0 Å². The highest BCUT2D eigenvalue weighted by atomic mass is 16.1. The van der Waals surface area contributed by atoms with Gasteiger partial charge in [0.05, 0.1) is 10.9 Å². The van der Waals surface area contributed by atoms with Gasteiger partial charge in [-0.1, -0.05) is 12.1 Å². The third-order valence-corrected chi connectivity index (χ3v) is 2.06. The summed E-state index contributed by atoms with van der Waals surface area (Å²) in [5, 5.41) is 0.688. The molecule has 3 nitrogen and oxygen atoms in total. The standard InChI is InChI=1S/C10H10N2O/c1-6-4-3-5-8-9(6)10(13)12-7(2)11-8/h3-5H,1-2H3,(H,11,12,13). The van der Waals surface area contributed by atoms with Crippen molar-refractivity contribution in [3.05, 3.63) is 39.9 Å². The second kappa shape index (κ2) is 2.69. The zero-order valence-corrected chi connectivity index (χ0v) is 7.59. The molecule has 1 N–H and O–H groups in total. The van der Waals surface area contributed by atoms with Crippen molar-refractivity contribution in [3.8, 4) is 0 Å². The van der Waals surface area contributed by atoms with Gasteiger partial charge >= 0.3 is 0 Å². The van der Waals surface area contributed by atoms with Crippen molar-refractivity contribution >= 4 is 10.9 Å². The normalized spacial score (nSPS) is 10.6. The first-order valence-corrected chi connectivity index (χ1v) is 4.15. The largest absolute Gasteiger partial charge is 0.310 e. The van der Waals surface area contributed by atoms with Crippen molar-refractivity contribution in [1.29, 1.82) is 0 Å². The Morgan fingerprint density at radius 2 is 2.08 bits per heavy atom. The number of hydrogen-bond acceptors (Lipinski definition) is 2. The molecule has 1 aromatic carbocycles. The number of H-pyrrole nitrogens is 1. The van der Waals surface area contributed by atoms with E-state index in [-0.39, 0.29) is 5.56 Å². The lowest BCUT2D eigenvalue weighted by Crippen LogP contribution is -2.10.